The molecule has 1 heterocycles. The molecule has 0 saturated heterocycles. The molecule has 3 nitrogen and oxygen atoms in total. The second kappa shape index (κ2) is 6.39. The molecule has 21 heavy (non-hydrogen) atoms. The number of nitrogens with one attached hydrogen (secondary N) is 1. The number of rotatable bonds is 3. The van der Waals surface area contributed by atoms with Crippen molar-refractivity contribution in [3.05, 3.63) is 52.5 Å². The van der Waals surface area contributed by atoms with Gasteiger partial charge in [0.2, 0.25) is 0 Å². The molecule has 0 saturated carbocycles. The maximum atomic E-state index is 5.34. The maximum Gasteiger partial charge on any atom is 0.119 e. The first-order chi connectivity index (χ1) is 10.3. The van der Waals surface area contributed by atoms with Crippen molar-refractivity contribution in [3.63, 3.8) is 0 Å². The molecular formula is C17H19BrN2O. The number of anilines is 2. The highest BCUT2D eigenvalue weighted by molar-refractivity contribution is 9.10. The Morgan fingerprint density at radius 3 is 2.95 bits per heavy atom. The molecule has 0 atom stereocenters. The van der Waals surface area contributed by atoms with E-state index in [1.165, 1.54) is 16.9 Å². The van der Waals surface area contributed by atoms with E-state index < -0.39 is 0 Å². The van der Waals surface area contributed by atoms with E-state index in [-0.39, 0.29) is 0 Å². The Balaban J connectivity index is 1.91. The molecule has 2 aromatic rings. The summed E-state index contributed by atoms with van der Waals surface area (Å²) in [5, 5.41) is 3.50. The van der Waals surface area contributed by atoms with Crippen LogP contribution in [0.2, 0.25) is 0 Å². The molecule has 4 heteroatoms. The minimum absolute atomic E-state index is 0.872. The first-order valence-electron chi connectivity index (χ1n) is 7.18. The Labute approximate surface area is 134 Å². The summed E-state index contributed by atoms with van der Waals surface area (Å²) in [6.07, 6.45) is 1.14. The number of ether oxygens (including phenoxy) is 1. The molecule has 0 bridgehead atoms. The van der Waals surface area contributed by atoms with Gasteiger partial charge in [-0.05, 0) is 42.3 Å². The average molecular weight is 347 g/mol. The Morgan fingerprint density at radius 1 is 1.24 bits per heavy atom. The van der Waals surface area contributed by atoms with Gasteiger partial charge >= 0.3 is 0 Å². The number of halogens is 1. The van der Waals surface area contributed by atoms with Crippen LogP contribution < -0.4 is 15.0 Å². The first-order valence-corrected chi connectivity index (χ1v) is 7.97. The van der Waals surface area contributed by atoms with Crippen molar-refractivity contribution in [1.29, 1.82) is 0 Å². The zero-order valence-electron chi connectivity index (χ0n) is 12.1. The zero-order valence-corrected chi connectivity index (χ0v) is 13.7. The highest BCUT2D eigenvalue weighted by Crippen LogP contribution is 2.31. The number of nitrogens with zero attached hydrogens (tertiary/aromatic N) is 1. The molecule has 3 rings (SSSR count). The van der Waals surface area contributed by atoms with Crippen LogP contribution in [0.1, 0.15) is 12.0 Å². The van der Waals surface area contributed by atoms with Gasteiger partial charge in [-0.15, -0.1) is 0 Å². The lowest BCUT2D eigenvalue weighted by Gasteiger charge is -2.25. The van der Waals surface area contributed by atoms with Crippen LogP contribution in [0.5, 0.6) is 5.75 Å². The third-order valence-electron chi connectivity index (χ3n) is 3.78. The van der Waals surface area contributed by atoms with Gasteiger partial charge in [0.15, 0.2) is 0 Å². The SMILES string of the molecule is COc1ccc(Br)c(CN2CCCNc3ccccc32)c1. The third kappa shape index (κ3) is 3.16. The Hall–Kier alpha value is -1.68. The van der Waals surface area contributed by atoms with E-state index in [4.69, 9.17) is 4.74 Å². The molecule has 0 spiro atoms. The monoisotopic (exact) mass is 346 g/mol. The number of hydrogen-bond donors (Lipinski definition) is 1. The van der Waals surface area contributed by atoms with E-state index in [2.05, 4.69) is 62.5 Å². The standard InChI is InChI=1S/C17H19BrN2O/c1-21-14-7-8-15(18)13(11-14)12-20-10-4-9-19-16-5-2-3-6-17(16)20/h2-3,5-8,11,19H,4,9-10,12H2,1H3. The molecule has 110 valence electrons. The molecule has 2 aromatic carbocycles. The fourth-order valence-electron chi connectivity index (χ4n) is 2.68. The summed E-state index contributed by atoms with van der Waals surface area (Å²) in [7, 11) is 1.71. The summed E-state index contributed by atoms with van der Waals surface area (Å²) in [6.45, 7) is 2.94. The van der Waals surface area contributed by atoms with Gasteiger partial charge in [-0.3, -0.25) is 0 Å². The first kappa shape index (κ1) is 14.3. The highest BCUT2D eigenvalue weighted by atomic mass is 79.9. The number of fused-ring (bicyclic) bond motifs is 1. The second-order valence-electron chi connectivity index (χ2n) is 5.18. The van der Waals surface area contributed by atoms with Crippen LogP contribution in [0.4, 0.5) is 11.4 Å². The predicted octanol–water partition coefficient (Wildman–Crippen LogP) is 4.28. The van der Waals surface area contributed by atoms with Crippen molar-refractivity contribution in [1.82, 2.24) is 0 Å². The fourth-order valence-corrected chi connectivity index (χ4v) is 3.05. The van der Waals surface area contributed by atoms with Crippen molar-refractivity contribution in [3.8, 4) is 5.75 Å². The average Bonchev–Trinajstić information content (AvgIpc) is 2.72. The van der Waals surface area contributed by atoms with Crippen LogP contribution in [-0.4, -0.2) is 20.2 Å². The van der Waals surface area contributed by atoms with Crippen molar-refractivity contribution < 1.29 is 4.74 Å². The second-order valence-corrected chi connectivity index (χ2v) is 6.03. The summed E-state index contributed by atoms with van der Waals surface area (Å²) < 4.78 is 6.46. The fraction of sp³-hybridized carbons (Fsp3) is 0.294. The van der Waals surface area contributed by atoms with Gasteiger partial charge in [-0.2, -0.15) is 0 Å². The van der Waals surface area contributed by atoms with Gasteiger partial charge in [-0.25, -0.2) is 0 Å². The lowest BCUT2D eigenvalue weighted by atomic mass is 10.1. The molecule has 0 amide bonds. The number of hydrogen-bond acceptors (Lipinski definition) is 3. The van der Waals surface area contributed by atoms with Crippen molar-refractivity contribution >= 4 is 27.3 Å². The van der Waals surface area contributed by atoms with Crippen LogP contribution >= 0.6 is 15.9 Å². The molecule has 0 aliphatic carbocycles. The summed E-state index contributed by atoms with van der Waals surface area (Å²) in [5.41, 5.74) is 3.73. The molecule has 0 fully saturated rings. The van der Waals surface area contributed by atoms with E-state index in [9.17, 15) is 0 Å². The van der Waals surface area contributed by atoms with Crippen molar-refractivity contribution in [2.45, 2.75) is 13.0 Å². The number of methoxy groups -OCH3 is 1. The highest BCUT2D eigenvalue weighted by Gasteiger charge is 2.16. The summed E-state index contributed by atoms with van der Waals surface area (Å²) in [6, 6.07) is 14.6. The number of para-hydroxylation sites is 2. The molecule has 1 aliphatic rings. The van der Waals surface area contributed by atoms with Crippen LogP contribution in [0.15, 0.2) is 46.9 Å². The molecular weight excluding hydrogens is 328 g/mol. The van der Waals surface area contributed by atoms with E-state index in [0.29, 0.717) is 0 Å². The Kier molecular flexibility index (Phi) is 4.34. The van der Waals surface area contributed by atoms with E-state index >= 15 is 0 Å². The summed E-state index contributed by atoms with van der Waals surface area (Å²) in [5.74, 6) is 0.898. The van der Waals surface area contributed by atoms with Crippen molar-refractivity contribution in [2.24, 2.45) is 0 Å². The minimum Gasteiger partial charge on any atom is -0.497 e. The lowest BCUT2D eigenvalue weighted by Crippen LogP contribution is -2.23. The van der Waals surface area contributed by atoms with Crippen LogP contribution in [0.25, 0.3) is 0 Å². The van der Waals surface area contributed by atoms with Crippen LogP contribution in [0, 0.1) is 0 Å². The lowest BCUT2D eigenvalue weighted by molar-refractivity contribution is 0.414. The maximum absolute atomic E-state index is 5.34. The van der Waals surface area contributed by atoms with Crippen LogP contribution in [0.3, 0.4) is 0 Å². The van der Waals surface area contributed by atoms with Gasteiger partial charge in [0.1, 0.15) is 5.75 Å². The van der Waals surface area contributed by atoms with Crippen molar-refractivity contribution in [2.75, 3.05) is 30.4 Å². The molecule has 1 aliphatic heterocycles. The summed E-state index contributed by atoms with van der Waals surface area (Å²) >= 11 is 3.65. The molecule has 0 aromatic heterocycles. The molecule has 0 unspecified atom stereocenters. The largest absolute Gasteiger partial charge is 0.497 e. The Bertz CT molecular complexity index is 630. The van der Waals surface area contributed by atoms with E-state index in [1.54, 1.807) is 7.11 Å². The Morgan fingerprint density at radius 2 is 2.10 bits per heavy atom. The van der Waals surface area contributed by atoms with E-state index in [0.717, 1.165) is 36.3 Å². The van der Waals surface area contributed by atoms with Gasteiger partial charge in [-0.1, -0.05) is 28.1 Å². The topological polar surface area (TPSA) is 24.5 Å². The zero-order chi connectivity index (χ0) is 14.7. The third-order valence-corrected chi connectivity index (χ3v) is 4.55. The minimum atomic E-state index is 0.872. The number of benzene rings is 2. The predicted molar refractivity (Wildman–Crippen MR) is 91.3 cm³/mol. The molecule has 0 radical (unpaired) electrons. The van der Waals surface area contributed by atoms with Gasteiger partial charge in [0.25, 0.3) is 0 Å². The van der Waals surface area contributed by atoms with Crippen LogP contribution in [-0.2, 0) is 6.54 Å². The molecule has 1 N–H and O–H groups in total. The van der Waals surface area contributed by atoms with Gasteiger partial charge < -0.3 is 15.0 Å². The van der Waals surface area contributed by atoms with Gasteiger partial charge in [0.05, 0.1) is 18.5 Å². The quantitative estimate of drug-likeness (QED) is 0.897. The smallest absolute Gasteiger partial charge is 0.119 e. The van der Waals surface area contributed by atoms with E-state index in [1.807, 2.05) is 6.07 Å². The van der Waals surface area contributed by atoms with Gasteiger partial charge in [0, 0.05) is 24.1 Å². The normalized spacial score (nSPS) is 14.1. The summed E-state index contributed by atoms with van der Waals surface area (Å²) in [4.78, 5) is 2.43.